The molecule has 1 saturated carbocycles. The highest BCUT2D eigenvalue weighted by Crippen LogP contribution is 2.23. The lowest BCUT2D eigenvalue weighted by Gasteiger charge is -2.27. The maximum Gasteiger partial charge on any atom is 0.289 e. The van der Waals surface area contributed by atoms with Gasteiger partial charge in [0, 0.05) is 13.0 Å². The van der Waals surface area contributed by atoms with Crippen LogP contribution in [0.1, 0.15) is 47.8 Å². The first kappa shape index (κ1) is 12.4. The fourth-order valence-electron chi connectivity index (χ4n) is 2.22. The minimum Gasteiger partial charge on any atom is -0.436 e. The summed E-state index contributed by atoms with van der Waals surface area (Å²) in [6, 6.07) is 0.0442. The van der Waals surface area contributed by atoms with Crippen molar-refractivity contribution in [1.82, 2.24) is 10.3 Å². The van der Waals surface area contributed by atoms with Gasteiger partial charge >= 0.3 is 0 Å². The van der Waals surface area contributed by atoms with E-state index in [-0.39, 0.29) is 17.3 Å². The molecule has 0 radical (unpaired) electrons. The Morgan fingerprint density at radius 3 is 2.71 bits per heavy atom. The van der Waals surface area contributed by atoms with Crippen LogP contribution in [-0.4, -0.2) is 22.3 Å². The summed E-state index contributed by atoms with van der Waals surface area (Å²) in [5.41, 5.74) is 0.627. The summed E-state index contributed by atoms with van der Waals surface area (Å²) in [4.78, 5) is 16.1. The number of amides is 1. The van der Waals surface area contributed by atoms with Crippen LogP contribution < -0.4 is 5.32 Å². The zero-order valence-corrected chi connectivity index (χ0v) is 10.9. The fraction of sp³-hybridized carbons (Fsp3) is 0.667. The SMILES string of the molecule is Cc1nc(C)c(C(=O)NC2CCCCC2Cl)o1. The zero-order valence-electron chi connectivity index (χ0n) is 10.1. The summed E-state index contributed by atoms with van der Waals surface area (Å²) in [7, 11) is 0. The van der Waals surface area contributed by atoms with Gasteiger partial charge < -0.3 is 9.73 Å². The van der Waals surface area contributed by atoms with Crippen LogP contribution >= 0.6 is 11.6 Å². The summed E-state index contributed by atoms with van der Waals surface area (Å²) >= 11 is 6.20. The third kappa shape index (κ3) is 2.80. The molecule has 5 heteroatoms. The standard InChI is InChI=1S/C12H17ClN2O2/c1-7-11(17-8(2)14-7)12(16)15-10-6-4-3-5-9(10)13/h9-10H,3-6H2,1-2H3,(H,15,16). The molecule has 94 valence electrons. The Balaban J connectivity index is 2.03. The number of aromatic nitrogens is 1. The van der Waals surface area contributed by atoms with Gasteiger partial charge in [-0.15, -0.1) is 11.6 Å². The second-order valence-electron chi connectivity index (χ2n) is 4.53. The molecule has 1 heterocycles. The van der Waals surface area contributed by atoms with Gasteiger partial charge in [0.1, 0.15) is 0 Å². The first-order valence-electron chi connectivity index (χ1n) is 5.97. The first-order valence-corrected chi connectivity index (χ1v) is 6.40. The molecular weight excluding hydrogens is 240 g/mol. The summed E-state index contributed by atoms with van der Waals surface area (Å²) < 4.78 is 5.29. The Morgan fingerprint density at radius 1 is 1.41 bits per heavy atom. The largest absolute Gasteiger partial charge is 0.436 e. The number of rotatable bonds is 2. The maximum absolute atomic E-state index is 12.0. The molecule has 1 aromatic rings. The number of oxazole rings is 1. The van der Waals surface area contributed by atoms with Crippen LogP contribution in [0.3, 0.4) is 0 Å². The van der Waals surface area contributed by atoms with Crippen molar-refractivity contribution in [2.75, 3.05) is 0 Å². The quantitative estimate of drug-likeness (QED) is 0.828. The van der Waals surface area contributed by atoms with Gasteiger partial charge in [-0.2, -0.15) is 0 Å². The number of hydrogen-bond acceptors (Lipinski definition) is 3. The fourth-order valence-corrected chi connectivity index (χ4v) is 2.57. The molecule has 1 aromatic heterocycles. The number of alkyl halides is 1. The van der Waals surface area contributed by atoms with Crippen LogP contribution in [0.15, 0.2) is 4.42 Å². The molecule has 2 atom stereocenters. The molecule has 4 nitrogen and oxygen atoms in total. The summed E-state index contributed by atoms with van der Waals surface area (Å²) in [5, 5.41) is 2.96. The molecule has 0 saturated heterocycles. The number of aryl methyl sites for hydroxylation is 2. The van der Waals surface area contributed by atoms with E-state index >= 15 is 0 Å². The smallest absolute Gasteiger partial charge is 0.289 e. The van der Waals surface area contributed by atoms with Crippen molar-refractivity contribution in [2.45, 2.75) is 50.9 Å². The van der Waals surface area contributed by atoms with Gasteiger partial charge in [-0.25, -0.2) is 4.98 Å². The van der Waals surface area contributed by atoms with Crippen LogP contribution in [0.2, 0.25) is 0 Å². The molecule has 1 aliphatic carbocycles. The molecule has 1 fully saturated rings. The van der Waals surface area contributed by atoms with Gasteiger partial charge in [0.25, 0.3) is 5.91 Å². The summed E-state index contributed by atoms with van der Waals surface area (Å²) in [6.07, 6.45) is 4.15. The van der Waals surface area contributed by atoms with Crippen molar-refractivity contribution in [3.63, 3.8) is 0 Å². The second kappa shape index (κ2) is 5.08. The average Bonchev–Trinajstić information content (AvgIpc) is 2.61. The Labute approximate surface area is 106 Å². The first-order chi connectivity index (χ1) is 8.08. The summed E-state index contributed by atoms with van der Waals surface area (Å²) in [6.45, 7) is 3.50. The second-order valence-corrected chi connectivity index (χ2v) is 5.09. The monoisotopic (exact) mass is 256 g/mol. The zero-order chi connectivity index (χ0) is 12.4. The molecule has 17 heavy (non-hydrogen) atoms. The third-order valence-electron chi connectivity index (χ3n) is 3.11. The van der Waals surface area contributed by atoms with Gasteiger partial charge in [-0.3, -0.25) is 4.79 Å². The van der Waals surface area contributed by atoms with Gasteiger partial charge in [0.15, 0.2) is 5.89 Å². The normalized spacial score (nSPS) is 24.6. The van der Waals surface area contributed by atoms with Crippen molar-refractivity contribution in [2.24, 2.45) is 0 Å². The minimum absolute atomic E-state index is 0.0250. The average molecular weight is 257 g/mol. The van der Waals surface area contributed by atoms with Crippen molar-refractivity contribution in [3.8, 4) is 0 Å². The van der Waals surface area contributed by atoms with E-state index in [9.17, 15) is 4.79 Å². The summed E-state index contributed by atoms with van der Waals surface area (Å²) in [5.74, 6) is 0.608. The number of nitrogens with zero attached hydrogens (tertiary/aromatic N) is 1. The van der Waals surface area contributed by atoms with Crippen molar-refractivity contribution in [1.29, 1.82) is 0 Å². The van der Waals surface area contributed by atoms with Gasteiger partial charge in [-0.05, 0) is 19.8 Å². The van der Waals surface area contributed by atoms with Crippen LogP contribution in [0.5, 0.6) is 0 Å². The molecule has 1 aliphatic rings. The Bertz CT molecular complexity index is 417. The van der Waals surface area contributed by atoms with Crippen molar-refractivity contribution in [3.05, 3.63) is 17.3 Å². The van der Waals surface area contributed by atoms with E-state index in [4.69, 9.17) is 16.0 Å². The molecule has 2 rings (SSSR count). The van der Waals surface area contributed by atoms with Crippen LogP contribution in [0.4, 0.5) is 0 Å². The highest BCUT2D eigenvalue weighted by Gasteiger charge is 2.26. The van der Waals surface area contributed by atoms with Gasteiger partial charge in [-0.1, -0.05) is 12.8 Å². The van der Waals surface area contributed by atoms with Crippen molar-refractivity contribution < 1.29 is 9.21 Å². The topological polar surface area (TPSA) is 55.1 Å². The minimum atomic E-state index is -0.208. The molecule has 0 aliphatic heterocycles. The van der Waals surface area contributed by atoms with E-state index < -0.39 is 0 Å². The van der Waals surface area contributed by atoms with Crippen LogP contribution in [0.25, 0.3) is 0 Å². The lowest BCUT2D eigenvalue weighted by Crippen LogP contribution is -2.42. The third-order valence-corrected chi connectivity index (χ3v) is 3.63. The lowest BCUT2D eigenvalue weighted by atomic mass is 9.95. The van der Waals surface area contributed by atoms with E-state index in [2.05, 4.69) is 10.3 Å². The van der Waals surface area contributed by atoms with E-state index in [0.29, 0.717) is 17.3 Å². The van der Waals surface area contributed by atoms with Crippen molar-refractivity contribution >= 4 is 17.5 Å². The van der Waals surface area contributed by atoms with E-state index in [1.807, 2.05) is 0 Å². The molecule has 0 bridgehead atoms. The van der Waals surface area contributed by atoms with E-state index in [1.165, 1.54) is 0 Å². The Morgan fingerprint density at radius 2 is 2.12 bits per heavy atom. The number of carbonyl (C=O) groups excluding carboxylic acids is 1. The number of hydrogen-bond donors (Lipinski definition) is 1. The molecular formula is C12H17ClN2O2. The maximum atomic E-state index is 12.0. The molecule has 0 aromatic carbocycles. The molecule has 1 N–H and O–H groups in total. The number of halogens is 1. The Hall–Kier alpha value is -1.03. The molecule has 1 amide bonds. The Kier molecular flexibility index (Phi) is 3.72. The lowest BCUT2D eigenvalue weighted by molar-refractivity contribution is 0.0898. The molecule has 2 unspecified atom stereocenters. The van der Waals surface area contributed by atoms with Crippen LogP contribution in [0, 0.1) is 13.8 Å². The van der Waals surface area contributed by atoms with E-state index in [1.54, 1.807) is 13.8 Å². The highest BCUT2D eigenvalue weighted by atomic mass is 35.5. The highest BCUT2D eigenvalue weighted by molar-refractivity contribution is 6.21. The predicted octanol–water partition coefficient (Wildman–Crippen LogP) is 2.57. The predicted molar refractivity (Wildman–Crippen MR) is 65.3 cm³/mol. The number of nitrogens with one attached hydrogen (secondary N) is 1. The van der Waals surface area contributed by atoms with Gasteiger partial charge in [0.2, 0.25) is 5.76 Å². The molecule has 0 spiro atoms. The number of carbonyl (C=O) groups is 1. The van der Waals surface area contributed by atoms with Crippen LogP contribution in [-0.2, 0) is 0 Å². The van der Waals surface area contributed by atoms with Gasteiger partial charge in [0.05, 0.1) is 11.1 Å². The van der Waals surface area contributed by atoms with E-state index in [0.717, 1.165) is 25.7 Å².